The van der Waals surface area contributed by atoms with Crippen molar-refractivity contribution in [2.24, 2.45) is 0 Å². The summed E-state index contributed by atoms with van der Waals surface area (Å²) >= 11 is 0. The van der Waals surface area contributed by atoms with Crippen LogP contribution in [0.3, 0.4) is 0 Å². The molecule has 0 saturated heterocycles. The number of anilines is 2. The van der Waals surface area contributed by atoms with Gasteiger partial charge in [-0.3, -0.25) is 4.79 Å². The Balaban J connectivity index is 2.07. The normalized spacial score (nSPS) is 11.4. The predicted octanol–water partition coefficient (Wildman–Crippen LogP) is 3.46. The lowest BCUT2D eigenvalue weighted by molar-refractivity contribution is -0.116. The molecule has 2 N–H and O–H groups in total. The van der Waals surface area contributed by atoms with Crippen LogP contribution in [0.5, 0.6) is 17.2 Å². The summed E-state index contributed by atoms with van der Waals surface area (Å²) in [5.74, 6) is 1.86. The lowest BCUT2D eigenvalue weighted by atomic mass is 10.1. The van der Waals surface area contributed by atoms with Crippen molar-refractivity contribution >= 4 is 17.3 Å². The summed E-state index contributed by atoms with van der Waals surface area (Å²) in [6.07, 6.45) is 0. The van der Waals surface area contributed by atoms with Gasteiger partial charge < -0.3 is 24.8 Å². The van der Waals surface area contributed by atoms with Crippen LogP contribution in [0, 0.1) is 6.92 Å². The van der Waals surface area contributed by atoms with E-state index >= 15 is 0 Å². The zero-order chi connectivity index (χ0) is 18.4. The Morgan fingerprint density at radius 2 is 1.56 bits per heavy atom. The third kappa shape index (κ3) is 4.56. The van der Waals surface area contributed by atoms with Crippen LogP contribution in [0.25, 0.3) is 0 Å². The first kappa shape index (κ1) is 18.4. The second-order valence-electron chi connectivity index (χ2n) is 5.61. The molecule has 2 aromatic carbocycles. The van der Waals surface area contributed by atoms with E-state index in [-0.39, 0.29) is 5.91 Å². The number of benzene rings is 2. The molecular weight excluding hydrogens is 320 g/mol. The van der Waals surface area contributed by atoms with Crippen LogP contribution >= 0.6 is 0 Å². The quantitative estimate of drug-likeness (QED) is 0.805. The van der Waals surface area contributed by atoms with Crippen LogP contribution in [-0.4, -0.2) is 33.3 Å². The van der Waals surface area contributed by atoms with Crippen LogP contribution in [0.15, 0.2) is 36.4 Å². The van der Waals surface area contributed by atoms with E-state index in [4.69, 9.17) is 14.2 Å². The summed E-state index contributed by atoms with van der Waals surface area (Å²) in [6, 6.07) is 10.5. The van der Waals surface area contributed by atoms with Gasteiger partial charge in [0.25, 0.3) is 0 Å². The smallest absolute Gasteiger partial charge is 0.246 e. The number of carbonyl (C=O) groups excluding carboxylic acids is 1. The molecule has 0 fully saturated rings. The number of rotatable bonds is 7. The largest absolute Gasteiger partial charge is 0.497 e. The van der Waals surface area contributed by atoms with E-state index in [1.165, 1.54) is 0 Å². The Morgan fingerprint density at radius 1 is 0.960 bits per heavy atom. The first-order valence-corrected chi connectivity index (χ1v) is 7.92. The molecule has 6 nitrogen and oxygen atoms in total. The number of amides is 1. The summed E-state index contributed by atoms with van der Waals surface area (Å²) in [5, 5.41) is 6.08. The zero-order valence-electron chi connectivity index (χ0n) is 15.2. The van der Waals surface area contributed by atoms with Gasteiger partial charge in [-0.25, -0.2) is 0 Å². The van der Waals surface area contributed by atoms with E-state index < -0.39 is 6.04 Å². The highest BCUT2D eigenvalue weighted by atomic mass is 16.5. The molecule has 0 aliphatic heterocycles. The summed E-state index contributed by atoms with van der Waals surface area (Å²) in [7, 11) is 4.77. The molecule has 1 atom stereocenters. The molecule has 0 aliphatic rings. The molecule has 1 unspecified atom stereocenters. The first-order valence-electron chi connectivity index (χ1n) is 7.92. The second kappa shape index (κ2) is 8.28. The van der Waals surface area contributed by atoms with Crippen LogP contribution in [0.4, 0.5) is 11.4 Å². The maximum absolute atomic E-state index is 12.4. The second-order valence-corrected chi connectivity index (χ2v) is 5.61. The molecule has 1 amide bonds. The average molecular weight is 344 g/mol. The standard InChI is InChI=1S/C19H24N2O4/c1-12-10-17(24-4)18(25-5)11-16(12)20-13(2)19(22)21-14-6-8-15(23-3)9-7-14/h6-11,13,20H,1-5H3,(H,21,22). The lowest BCUT2D eigenvalue weighted by Crippen LogP contribution is -2.32. The summed E-state index contributed by atoms with van der Waals surface area (Å²) in [5.41, 5.74) is 2.49. The average Bonchev–Trinajstić information content (AvgIpc) is 2.63. The van der Waals surface area contributed by atoms with Gasteiger partial charge in [0.15, 0.2) is 11.5 Å². The number of methoxy groups -OCH3 is 3. The van der Waals surface area contributed by atoms with Gasteiger partial charge in [-0.15, -0.1) is 0 Å². The third-order valence-electron chi connectivity index (χ3n) is 3.85. The van der Waals surface area contributed by atoms with Crippen molar-refractivity contribution in [3.8, 4) is 17.2 Å². The van der Waals surface area contributed by atoms with Crippen LogP contribution in [-0.2, 0) is 4.79 Å². The molecule has 0 radical (unpaired) electrons. The van der Waals surface area contributed by atoms with Crippen molar-refractivity contribution < 1.29 is 19.0 Å². The van der Waals surface area contributed by atoms with Crippen molar-refractivity contribution in [1.82, 2.24) is 0 Å². The molecule has 0 saturated carbocycles. The molecule has 0 aliphatic carbocycles. The van der Waals surface area contributed by atoms with Crippen LogP contribution in [0.2, 0.25) is 0 Å². The minimum atomic E-state index is -0.432. The Bertz CT molecular complexity index is 729. The SMILES string of the molecule is COc1ccc(NC(=O)C(C)Nc2cc(OC)c(OC)cc2C)cc1. The van der Waals surface area contributed by atoms with Crippen molar-refractivity contribution in [1.29, 1.82) is 0 Å². The molecule has 6 heteroatoms. The summed E-state index contributed by atoms with van der Waals surface area (Å²) < 4.78 is 15.7. The lowest BCUT2D eigenvalue weighted by Gasteiger charge is -2.19. The maximum atomic E-state index is 12.4. The molecule has 25 heavy (non-hydrogen) atoms. The van der Waals surface area contributed by atoms with Gasteiger partial charge in [0.2, 0.25) is 5.91 Å². The Kier molecular flexibility index (Phi) is 6.11. The van der Waals surface area contributed by atoms with E-state index in [0.29, 0.717) is 17.2 Å². The Labute approximate surface area is 148 Å². The Hall–Kier alpha value is -2.89. The van der Waals surface area contributed by atoms with Gasteiger partial charge in [-0.1, -0.05) is 0 Å². The van der Waals surface area contributed by atoms with Gasteiger partial charge in [-0.05, 0) is 49.7 Å². The van der Waals surface area contributed by atoms with Crippen LogP contribution < -0.4 is 24.8 Å². The van der Waals surface area contributed by atoms with E-state index in [9.17, 15) is 4.79 Å². The highest BCUT2D eigenvalue weighted by molar-refractivity contribution is 5.96. The van der Waals surface area contributed by atoms with Gasteiger partial charge in [-0.2, -0.15) is 0 Å². The fourth-order valence-electron chi connectivity index (χ4n) is 2.36. The zero-order valence-corrected chi connectivity index (χ0v) is 15.2. The van der Waals surface area contributed by atoms with Crippen molar-refractivity contribution in [3.05, 3.63) is 42.0 Å². The van der Waals surface area contributed by atoms with Crippen molar-refractivity contribution in [2.75, 3.05) is 32.0 Å². The topological polar surface area (TPSA) is 68.8 Å². The van der Waals surface area contributed by atoms with Gasteiger partial charge >= 0.3 is 0 Å². The number of hydrogen-bond donors (Lipinski definition) is 2. The van der Waals surface area contributed by atoms with Crippen molar-refractivity contribution in [3.63, 3.8) is 0 Å². The highest BCUT2D eigenvalue weighted by Crippen LogP contribution is 2.33. The molecule has 0 bridgehead atoms. The number of nitrogens with one attached hydrogen (secondary N) is 2. The fraction of sp³-hybridized carbons (Fsp3) is 0.316. The number of hydrogen-bond acceptors (Lipinski definition) is 5. The Morgan fingerprint density at radius 3 is 2.12 bits per heavy atom. The summed E-state index contributed by atoms with van der Waals surface area (Å²) in [4.78, 5) is 12.4. The van der Waals surface area contributed by atoms with Gasteiger partial charge in [0, 0.05) is 17.4 Å². The van der Waals surface area contributed by atoms with E-state index in [0.717, 1.165) is 17.0 Å². The van der Waals surface area contributed by atoms with Crippen molar-refractivity contribution in [2.45, 2.75) is 19.9 Å². The number of aryl methyl sites for hydroxylation is 1. The minimum Gasteiger partial charge on any atom is -0.497 e. The monoisotopic (exact) mass is 344 g/mol. The maximum Gasteiger partial charge on any atom is 0.246 e. The minimum absolute atomic E-state index is 0.139. The van der Waals surface area contributed by atoms with E-state index in [1.807, 2.05) is 19.1 Å². The van der Waals surface area contributed by atoms with E-state index in [2.05, 4.69) is 10.6 Å². The van der Waals surface area contributed by atoms with Gasteiger partial charge in [0.05, 0.1) is 21.3 Å². The molecule has 2 rings (SSSR count). The first-order chi connectivity index (χ1) is 12.0. The van der Waals surface area contributed by atoms with E-state index in [1.54, 1.807) is 52.5 Å². The molecular formula is C19H24N2O4. The number of carbonyl (C=O) groups is 1. The summed E-state index contributed by atoms with van der Waals surface area (Å²) in [6.45, 7) is 3.74. The molecule has 0 spiro atoms. The predicted molar refractivity (Wildman–Crippen MR) is 99.0 cm³/mol. The fourth-order valence-corrected chi connectivity index (χ4v) is 2.36. The molecule has 0 heterocycles. The molecule has 0 aromatic heterocycles. The molecule has 134 valence electrons. The van der Waals surface area contributed by atoms with Gasteiger partial charge in [0.1, 0.15) is 11.8 Å². The molecule has 2 aromatic rings. The number of ether oxygens (including phenoxy) is 3. The van der Waals surface area contributed by atoms with Crippen LogP contribution in [0.1, 0.15) is 12.5 Å². The third-order valence-corrected chi connectivity index (χ3v) is 3.85. The highest BCUT2D eigenvalue weighted by Gasteiger charge is 2.16.